The molecule has 0 saturated heterocycles. The lowest BCUT2D eigenvalue weighted by atomic mass is 10.2. The first-order valence-corrected chi connectivity index (χ1v) is 6.48. The Morgan fingerprint density at radius 2 is 2.06 bits per heavy atom. The Morgan fingerprint density at radius 3 is 2.78 bits per heavy atom. The Bertz CT molecular complexity index is 545. The van der Waals surface area contributed by atoms with Crippen LogP contribution < -0.4 is 10.5 Å². The Hall–Kier alpha value is -1.68. The number of nitrogens with two attached hydrogens (primary N) is 1. The molecule has 94 valence electrons. The van der Waals surface area contributed by atoms with E-state index in [-0.39, 0.29) is 5.82 Å². The maximum atomic E-state index is 13.0. The van der Waals surface area contributed by atoms with Crippen LogP contribution in [0.3, 0.4) is 0 Å². The van der Waals surface area contributed by atoms with Crippen LogP contribution >= 0.6 is 11.8 Å². The number of hydrogen-bond acceptors (Lipinski definition) is 3. The first-order valence-electron chi connectivity index (χ1n) is 5.50. The molecule has 18 heavy (non-hydrogen) atoms. The summed E-state index contributed by atoms with van der Waals surface area (Å²) in [6.07, 6.45) is 0. The van der Waals surface area contributed by atoms with Gasteiger partial charge in [0, 0.05) is 16.3 Å². The zero-order valence-electron chi connectivity index (χ0n) is 10.0. The average molecular weight is 263 g/mol. The van der Waals surface area contributed by atoms with Crippen LogP contribution in [0.4, 0.5) is 10.1 Å². The maximum Gasteiger partial charge on any atom is 0.123 e. The van der Waals surface area contributed by atoms with E-state index in [1.165, 1.54) is 12.1 Å². The fourth-order valence-corrected chi connectivity index (χ4v) is 2.49. The molecule has 0 aliphatic carbocycles. The van der Waals surface area contributed by atoms with Gasteiger partial charge in [0.15, 0.2) is 0 Å². The number of benzene rings is 2. The Balaban J connectivity index is 2.10. The first-order chi connectivity index (χ1) is 8.69. The van der Waals surface area contributed by atoms with Crippen molar-refractivity contribution in [2.24, 2.45) is 0 Å². The second-order valence-corrected chi connectivity index (χ2v) is 4.84. The summed E-state index contributed by atoms with van der Waals surface area (Å²) in [4.78, 5) is 0.943. The summed E-state index contributed by atoms with van der Waals surface area (Å²) >= 11 is 1.57. The summed E-state index contributed by atoms with van der Waals surface area (Å²) in [6.45, 7) is 0. The highest BCUT2D eigenvalue weighted by molar-refractivity contribution is 7.98. The van der Waals surface area contributed by atoms with Crippen molar-refractivity contribution in [3.05, 3.63) is 53.8 Å². The van der Waals surface area contributed by atoms with Crippen LogP contribution in [0.15, 0.2) is 47.4 Å². The van der Waals surface area contributed by atoms with Gasteiger partial charge in [-0.1, -0.05) is 12.1 Å². The Morgan fingerprint density at radius 1 is 1.22 bits per heavy atom. The number of nitrogen functional groups attached to an aromatic ring is 1. The van der Waals surface area contributed by atoms with Crippen molar-refractivity contribution in [3.63, 3.8) is 0 Å². The minimum Gasteiger partial charge on any atom is -0.497 e. The number of thioether (sulfide) groups is 1. The standard InChI is InChI=1S/C14H14FNOS/c1-17-12-5-6-13(16)14(8-12)18-9-10-3-2-4-11(15)7-10/h2-8H,9,16H2,1H3. The van der Waals surface area contributed by atoms with Gasteiger partial charge in [0.1, 0.15) is 11.6 Å². The lowest BCUT2D eigenvalue weighted by Gasteiger charge is -2.08. The number of anilines is 1. The van der Waals surface area contributed by atoms with Gasteiger partial charge < -0.3 is 10.5 Å². The number of hydrogen-bond donors (Lipinski definition) is 1. The van der Waals surface area contributed by atoms with Crippen LogP contribution in [0, 0.1) is 5.82 Å². The second-order valence-electron chi connectivity index (χ2n) is 3.82. The molecule has 0 aliphatic rings. The fraction of sp³-hybridized carbons (Fsp3) is 0.143. The highest BCUT2D eigenvalue weighted by atomic mass is 32.2. The minimum atomic E-state index is -0.216. The van der Waals surface area contributed by atoms with Gasteiger partial charge in [-0.2, -0.15) is 0 Å². The number of rotatable bonds is 4. The van der Waals surface area contributed by atoms with Gasteiger partial charge in [0.25, 0.3) is 0 Å². The second kappa shape index (κ2) is 5.78. The SMILES string of the molecule is COc1ccc(N)c(SCc2cccc(F)c2)c1. The van der Waals surface area contributed by atoms with Gasteiger partial charge in [-0.3, -0.25) is 0 Å². The van der Waals surface area contributed by atoms with Gasteiger partial charge in [-0.05, 0) is 35.9 Å². The van der Waals surface area contributed by atoms with E-state index in [0.29, 0.717) is 11.4 Å². The van der Waals surface area contributed by atoms with Crippen molar-refractivity contribution in [2.45, 2.75) is 10.6 Å². The number of methoxy groups -OCH3 is 1. The van der Waals surface area contributed by atoms with E-state index in [9.17, 15) is 4.39 Å². The van der Waals surface area contributed by atoms with Crippen molar-refractivity contribution in [3.8, 4) is 5.75 Å². The molecule has 0 atom stereocenters. The van der Waals surface area contributed by atoms with Gasteiger partial charge >= 0.3 is 0 Å². The third kappa shape index (κ3) is 3.17. The van der Waals surface area contributed by atoms with Crippen LogP contribution in [-0.4, -0.2) is 7.11 Å². The third-order valence-electron chi connectivity index (χ3n) is 2.50. The van der Waals surface area contributed by atoms with E-state index in [4.69, 9.17) is 10.5 Å². The summed E-state index contributed by atoms with van der Waals surface area (Å²) in [5.74, 6) is 1.23. The van der Waals surface area contributed by atoms with Crippen LogP contribution in [0.5, 0.6) is 5.75 Å². The van der Waals surface area contributed by atoms with Gasteiger partial charge in [-0.15, -0.1) is 11.8 Å². The molecule has 2 nitrogen and oxygen atoms in total. The Labute approximate surface area is 110 Å². The maximum absolute atomic E-state index is 13.0. The lowest BCUT2D eigenvalue weighted by molar-refractivity contribution is 0.414. The number of ether oxygens (including phenoxy) is 1. The molecule has 0 bridgehead atoms. The predicted molar refractivity (Wildman–Crippen MR) is 73.4 cm³/mol. The molecule has 0 aromatic heterocycles. The van der Waals surface area contributed by atoms with Crippen molar-refractivity contribution in [1.29, 1.82) is 0 Å². The summed E-state index contributed by atoms with van der Waals surface area (Å²) in [7, 11) is 1.62. The molecule has 0 spiro atoms. The van der Waals surface area contributed by atoms with Gasteiger partial charge in [0.05, 0.1) is 7.11 Å². The lowest BCUT2D eigenvalue weighted by Crippen LogP contribution is -1.91. The van der Waals surface area contributed by atoms with E-state index in [2.05, 4.69) is 0 Å². The molecular formula is C14H14FNOS. The van der Waals surface area contributed by atoms with Crippen LogP contribution in [0.2, 0.25) is 0 Å². The molecule has 2 aromatic carbocycles. The van der Waals surface area contributed by atoms with Crippen molar-refractivity contribution < 1.29 is 9.13 Å². The summed E-state index contributed by atoms with van der Waals surface area (Å²) in [5, 5.41) is 0. The monoisotopic (exact) mass is 263 g/mol. The third-order valence-corrected chi connectivity index (χ3v) is 3.65. The summed E-state index contributed by atoms with van der Waals surface area (Å²) in [6, 6.07) is 12.1. The largest absolute Gasteiger partial charge is 0.497 e. The van der Waals surface area contributed by atoms with E-state index in [1.54, 1.807) is 24.9 Å². The molecule has 0 fully saturated rings. The van der Waals surface area contributed by atoms with E-state index in [1.807, 2.05) is 24.3 Å². The molecule has 0 saturated carbocycles. The fourth-order valence-electron chi connectivity index (χ4n) is 1.55. The topological polar surface area (TPSA) is 35.2 Å². The van der Waals surface area contributed by atoms with Gasteiger partial charge in [0.2, 0.25) is 0 Å². The highest BCUT2D eigenvalue weighted by Crippen LogP contribution is 2.31. The molecule has 2 N–H and O–H groups in total. The van der Waals surface area contributed by atoms with Crippen molar-refractivity contribution >= 4 is 17.4 Å². The average Bonchev–Trinajstić information content (AvgIpc) is 2.38. The molecular weight excluding hydrogens is 249 g/mol. The molecule has 2 rings (SSSR count). The first kappa shape index (κ1) is 12.8. The normalized spacial score (nSPS) is 10.3. The van der Waals surface area contributed by atoms with Crippen LogP contribution in [0.1, 0.15) is 5.56 Å². The molecule has 0 amide bonds. The minimum absolute atomic E-state index is 0.216. The number of halogens is 1. The zero-order chi connectivity index (χ0) is 13.0. The van der Waals surface area contributed by atoms with E-state index >= 15 is 0 Å². The van der Waals surface area contributed by atoms with Crippen LogP contribution in [-0.2, 0) is 5.75 Å². The molecule has 0 heterocycles. The predicted octanol–water partition coefficient (Wildman–Crippen LogP) is 3.71. The highest BCUT2D eigenvalue weighted by Gasteiger charge is 2.03. The molecule has 0 radical (unpaired) electrons. The summed E-state index contributed by atoms with van der Waals surface area (Å²) < 4.78 is 18.2. The molecule has 2 aromatic rings. The van der Waals surface area contributed by atoms with Gasteiger partial charge in [-0.25, -0.2) is 4.39 Å². The zero-order valence-corrected chi connectivity index (χ0v) is 10.8. The summed E-state index contributed by atoms with van der Waals surface area (Å²) in [5.41, 5.74) is 7.53. The van der Waals surface area contributed by atoms with E-state index in [0.717, 1.165) is 16.2 Å². The van der Waals surface area contributed by atoms with Crippen LogP contribution in [0.25, 0.3) is 0 Å². The van der Waals surface area contributed by atoms with E-state index < -0.39 is 0 Å². The van der Waals surface area contributed by atoms with Crippen molar-refractivity contribution in [1.82, 2.24) is 0 Å². The molecule has 0 aliphatic heterocycles. The van der Waals surface area contributed by atoms with Crippen molar-refractivity contribution in [2.75, 3.05) is 12.8 Å². The molecule has 0 unspecified atom stereocenters. The smallest absolute Gasteiger partial charge is 0.123 e. The molecule has 4 heteroatoms. The quantitative estimate of drug-likeness (QED) is 0.674. The Kier molecular flexibility index (Phi) is 4.10.